The lowest BCUT2D eigenvalue weighted by molar-refractivity contribution is -0.161. The van der Waals surface area contributed by atoms with Crippen molar-refractivity contribution in [1.82, 2.24) is 0 Å². The molecule has 0 bridgehead atoms. The summed E-state index contributed by atoms with van der Waals surface area (Å²) in [6, 6.07) is 0. The number of hydrogen-bond donors (Lipinski definition) is 3. The Morgan fingerprint density at radius 3 is 0.885 bits per heavy atom. The zero-order valence-corrected chi connectivity index (χ0v) is 62.3. The number of phosphoric acid groups is 2. The zero-order valence-electron chi connectivity index (χ0n) is 60.5. The highest BCUT2D eigenvalue weighted by molar-refractivity contribution is 7.47. The summed E-state index contributed by atoms with van der Waals surface area (Å²) in [5.74, 6) is -2.21. The fraction of sp³-hybridized carbons (Fsp3) is 0.766. The highest BCUT2D eigenvalue weighted by Crippen LogP contribution is 2.45. The van der Waals surface area contributed by atoms with Crippen molar-refractivity contribution in [2.75, 3.05) is 39.6 Å². The molecule has 0 aromatic rings. The van der Waals surface area contributed by atoms with Gasteiger partial charge in [-0.2, -0.15) is 0 Å². The molecule has 0 saturated carbocycles. The van der Waals surface area contributed by atoms with Gasteiger partial charge in [-0.05, 0) is 135 Å². The van der Waals surface area contributed by atoms with E-state index in [-0.39, 0.29) is 25.7 Å². The summed E-state index contributed by atoms with van der Waals surface area (Å²) in [4.78, 5) is 72.7. The topological polar surface area (TPSA) is 237 Å². The predicted octanol–water partition coefficient (Wildman–Crippen LogP) is 21.4. The molecule has 556 valence electrons. The number of hydrogen-bond acceptors (Lipinski definition) is 15. The first-order valence-corrected chi connectivity index (χ1v) is 40.8. The molecule has 0 aromatic heterocycles. The highest BCUT2D eigenvalue weighted by atomic mass is 31.2. The van der Waals surface area contributed by atoms with Crippen LogP contribution in [-0.2, 0) is 65.4 Å². The third-order valence-electron chi connectivity index (χ3n) is 15.8. The Morgan fingerprint density at radius 1 is 0.292 bits per heavy atom. The van der Waals surface area contributed by atoms with E-state index in [0.29, 0.717) is 25.7 Å². The van der Waals surface area contributed by atoms with Crippen LogP contribution in [0.25, 0.3) is 0 Å². The molecule has 0 aromatic carbocycles. The van der Waals surface area contributed by atoms with Crippen molar-refractivity contribution in [3.05, 3.63) is 85.1 Å². The number of ether oxygens (including phenoxy) is 4. The summed E-state index contributed by atoms with van der Waals surface area (Å²) in [5, 5.41) is 10.6. The maximum atomic E-state index is 13.1. The van der Waals surface area contributed by atoms with Crippen LogP contribution in [0.3, 0.4) is 0 Å². The molecule has 0 fully saturated rings. The maximum Gasteiger partial charge on any atom is 0.472 e. The van der Waals surface area contributed by atoms with E-state index in [1.165, 1.54) is 57.8 Å². The molecule has 0 aliphatic heterocycles. The number of aliphatic hydroxyl groups excluding tert-OH is 1. The summed E-state index contributed by atoms with van der Waals surface area (Å²) in [5.41, 5.74) is 0. The van der Waals surface area contributed by atoms with E-state index in [9.17, 15) is 43.2 Å². The van der Waals surface area contributed by atoms with Crippen molar-refractivity contribution in [1.29, 1.82) is 0 Å². The quantitative estimate of drug-likeness (QED) is 0.0169. The van der Waals surface area contributed by atoms with Crippen LogP contribution in [0, 0.1) is 0 Å². The number of esters is 4. The fourth-order valence-corrected chi connectivity index (χ4v) is 11.5. The first kappa shape index (κ1) is 92.2. The molecule has 3 N–H and O–H groups in total. The smallest absolute Gasteiger partial charge is 0.462 e. The summed E-state index contributed by atoms with van der Waals surface area (Å²) < 4.78 is 68.3. The van der Waals surface area contributed by atoms with Crippen LogP contribution < -0.4 is 0 Å². The number of unbranched alkanes of at least 4 members (excludes halogenated alkanes) is 31. The van der Waals surface area contributed by atoms with Crippen LogP contribution in [0.2, 0.25) is 0 Å². The van der Waals surface area contributed by atoms with Gasteiger partial charge in [0.2, 0.25) is 0 Å². The molecule has 96 heavy (non-hydrogen) atoms. The second kappa shape index (κ2) is 69.7. The first-order chi connectivity index (χ1) is 46.7. The van der Waals surface area contributed by atoms with Crippen LogP contribution in [0.1, 0.15) is 323 Å². The minimum absolute atomic E-state index is 0.0763. The van der Waals surface area contributed by atoms with E-state index in [2.05, 4.69) is 113 Å². The maximum absolute atomic E-state index is 13.1. The average Bonchev–Trinajstić information content (AvgIpc) is 3.21. The van der Waals surface area contributed by atoms with Gasteiger partial charge in [0.05, 0.1) is 26.4 Å². The van der Waals surface area contributed by atoms with Crippen molar-refractivity contribution in [2.24, 2.45) is 0 Å². The number of aliphatic hydroxyl groups is 1. The van der Waals surface area contributed by atoms with Gasteiger partial charge in [0.1, 0.15) is 19.3 Å². The van der Waals surface area contributed by atoms with Gasteiger partial charge in [-0.1, -0.05) is 248 Å². The minimum atomic E-state index is -4.98. The Balaban J connectivity index is 5.31. The second-order valence-electron chi connectivity index (χ2n) is 25.2. The van der Waals surface area contributed by atoms with Crippen LogP contribution in [0.5, 0.6) is 0 Å². The van der Waals surface area contributed by atoms with Crippen molar-refractivity contribution in [2.45, 2.75) is 341 Å². The largest absolute Gasteiger partial charge is 0.472 e. The Bertz CT molecular complexity index is 2160. The van der Waals surface area contributed by atoms with E-state index < -0.39 is 97.5 Å². The average molecular weight is 1400 g/mol. The molecular weight excluding hydrogens is 1260 g/mol. The number of phosphoric ester groups is 2. The normalized spacial score (nSPS) is 14.4. The van der Waals surface area contributed by atoms with Crippen molar-refractivity contribution < 1.29 is 80.2 Å². The van der Waals surface area contributed by atoms with Gasteiger partial charge in [0, 0.05) is 25.7 Å². The van der Waals surface area contributed by atoms with E-state index in [0.717, 1.165) is 186 Å². The Hall–Kier alpha value is -3.76. The zero-order chi connectivity index (χ0) is 70.4. The molecule has 0 radical (unpaired) electrons. The molecule has 5 atom stereocenters. The number of carbonyl (C=O) groups is 4. The summed E-state index contributed by atoms with van der Waals surface area (Å²) in [6.45, 7) is 4.69. The third kappa shape index (κ3) is 68.8. The molecule has 0 spiro atoms. The lowest BCUT2D eigenvalue weighted by Crippen LogP contribution is -2.30. The lowest BCUT2D eigenvalue weighted by Gasteiger charge is -2.21. The standard InChI is InChI=1S/C77H136O17P2/c1-5-9-13-17-21-25-29-32-33-34-35-36-37-40-43-46-50-54-58-62-75(80)88-68-73(94-77(82)64-60-56-52-48-44-39-31-27-23-19-15-11-7-3)70-92-96(85,86)90-66-71(78)65-89-95(83,84)91-69-72(93-76(81)63-59-55-51-47-41-28-24-20-16-12-8-4)67-87-74(79)61-57-53-49-45-42-38-30-26-22-18-14-10-6-2/h15,19-21,24-27,30-33,35-36,71-73,78H,5-14,16-18,22-23,28-29,34,37-70H2,1-4H3,(H,83,84)(H,85,86)/b19-15-,24-20-,25-21-,30-26-,31-27-,33-32-,36-35-. The van der Waals surface area contributed by atoms with Gasteiger partial charge < -0.3 is 33.8 Å². The summed E-state index contributed by atoms with van der Waals surface area (Å²) in [6.07, 6.45) is 70.1. The summed E-state index contributed by atoms with van der Waals surface area (Å²) in [7, 11) is -9.95. The van der Waals surface area contributed by atoms with Gasteiger partial charge in [-0.3, -0.25) is 37.3 Å². The van der Waals surface area contributed by atoms with Gasteiger partial charge in [-0.25, -0.2) is 9.13 Å². The lowest BCUT2D eigenvalue weighted by atomic mass is 10.1. The van der Waals surface area contributed by atoms with Gasteiger partial charge in [0.15, 0.2) is 12.2 Å². The molecule has 0 amide bonds. The first-order valence-electron chi connectivity index (χ1n) is 37.8. The van der Waals surface area contributed by atoms with Crippen LogP contribution in [0.4, 0.5) is 0 Å². The SMILES string of the molecule is CCC/C=C\C/C=C\CCCCCCCC(=O)OC(COC(=O)CCCCCCCC/C=C\C/C=C\C/C=C\CCCCC)COP(=O)(O)OCC(O)COP(=O)(O)OCC(COC(=O)CCCCCCC/C=C\CCCCCC)OC(=O)CCCCCCC/C=C\CCCC. The van der Waals surface area contributed by atoms with E-state index in [1.807, 2.05) is 0 Å². The van der Waals surface area contributed by atoms with Crippen molar-refractivity contribution >= 4 is 39.5 Å². The Labute approximate surface area is 583 Å². The fourth-order valence-electron chi connectivity index (χ4n) is 9.95. The van der Waals surface area contributed by atoms with Crippen LogP contribution in [-0.4, -0.2) is 96.7 Å². The Kier molecular flexibility index (Phi) is 67.0. The van der Waals surface area contributed by atoms with E-state index in [4.69, 9.17) is 37.0 Å². The molecule has 0 aliphatic rings. The Morgan fingerprint density at radius 2 is 0.542 bits per heavy atom. The molecule has 0 heterocycles. The number of rotatable bonds is 71. The van der Waals surface area contributed by atoms with E-state index in [1.54, 1.807) is 0 Å². The highest BCUT2D eigenvalue weighted by Gasteiger charge is 2.30. The minimum Gasteiger partial charge on any atom is -0.462 e. The molecule has 5 unspecified atom stereocenters. The van der Waals surface area contributed by atoms with Gasteiger partial charge in [-0.15, -0.1) is 0 Å². The van der Waals surface area contributed by atoms with Crippen LogP contribution in [0.15, 0.2) is 85.1 Å². The summed E-state index contributed by atoms with van der Waals surface area (Å²) >= 11 is 0. The number of carbonyl (C=O) groups excluding carboxylic acids is 4. The monoisotopic (exact) mass is 1390 g/mol. The van der Waals surface area contributed by atoms with Gasteiger partial charge >= 0.3 is 39.5 Å². The molecule has 0 saturated heterocycles. The van der Waals surface area contributed by atoms with Crippen molar-refractivity contribution in [3.8, 4) is 0 Å². The molecule has 0 rings (SSSR count). The van der Waals surface area contributed by atoms with Crippen molar-refractivity contribution in [3.63, 3.8) is 0 Å². The second-order valence-corrected chi connectivity index (χ2v) is 28.1. The third-order valence-corrected chi connectivity index (χ3v) is 17.7. The van der Waals surface area contributed by atoms with Crippen LogP contribution >= 0.6 is 15.6 Å². The predicted molar refractivity (Wildman–Crippen MR) is 390 cm³/mol. The molecular formula is C77H136O17P2. The van der Waals surface area contributed by atoms with E-state index >= 15 is 0 Å². The van der Waals surface area contributed by atoms with Gasteiger partial charge in [0.25, 0.3) is 0 Å². The molecule has 19 heteroatoms. The molecule has 17 nitrogen and oxygen atoms in total. The molecule has 0 aliphatic carbocycles. The number of allylic oxidation sites excluding steroid dienone is 14.